The Bertz CT molecular complexity index is 1100. The van der Waals surface area contributed by atoms with E-state index in [0.29, 0.717) is 19.3 Å². The lowest BCUT2D eigenvalue weighted by molar-refractivity contribution is -0.167. The van der Waals surface area contributed by atoms with Crippen molar-refractivity contribution in [3.8, 4) is 0 Å². The molecule has 0 rings (SSSR count). The quantitative estimate of drug-likeness (QED) is 0.0263. The summed E-state index contributed by atoms with van der Waals surface area (Å²) in [5.41, 5.74) is 0. The minimum absolute atomic E-state index is 0.0867. The summed E-state index contributed by atoms with van der Waals surface area (Å²) in [6.07, 6.45) is 59.2. The molecule has 0 aliphatic rings. The molecule has 0 aliphatic heterocycles. The standard InChI is InChI=1S/C54H94O6/c1-4-7-10-13-16-19-22-23-24-25-26-27-28-29-30-31-33-35-38-41-44-47-53(56)59-50-51(49-58-52(55)46-43-40-37-34-21-18-15-12-9-6-3)60-54(57)48-45-42-39-36-32-20-17-14-11-8-5-2/h12,14-15,17,22-23,25-26,28-29,51H,4-11,13,16,18-21,24,27,30-50H2,1-3H3/b15-12-,17-14-,23-22-,26-25-,29-28-. The van der Waals surface area contributed by atoms with Crippen molar-refractivity contribution in [1.82, 2.24) is 0 Å². The number of ether oxygens (including phenoxy) is 3. The molecule has 0 spiro atoms. The first-order valence-corrected chi connectivity index (χ1v) is 25.3. The maximum absolute atomic E-state index is 12.7. The van der Waals surface area contributed by atoms with Crippen molar-refractivity contribution < 1.29 is 28.6 Å². The molecule has 0 aromatic rings. The van der Waals surface area contributed by atoms with E-state index < -0.39 is 6.10 Å². The van der Waals surface area contributed by atoms with Crippen LogP contribution in [0.5, 0.6) is 0 Å². The molecule has 0 saturated heterocycles. The number of hydrogen-bond acceptors (Lipinski definition) is 6. The zero-order valence-corrected chi connectivity index (χ0v) is 39.5. The van der Waals surface area contributed by atoms with Crippen molar-refractivity contribution in [2.45, 2.75) is 252 Å². The highest BCUT2D eigenvalue weighted by atomic mass is 16.6. The lowest BCUT2D eigenvalue weighted by Gasteiger charge is -2.18. The maximum Gasteiger partial charge on any atom is 0.306 e. The Morgan fingerprint density at radius 3 is 1.07 bits per heavy atom. The Morgan fingerprint density at radius 2 is 0.650 bits per heavy atom. The van der Waals surface area contributed by atoms with E-state index in [1.54, 1.807) is 0 Å². The summed E-state index contributed by atoms with van der Waals surface area (Å²) in [4.78, 5) is 37.8. The van der Waals surface area contributed by atoms with Gasteiger partial charge in [0.2, 0.25) is 0 Å². The minimum atomic E-state index is -0.785. The fraction of sp³-hybridized carbons (Fsp3) is 0.759. The van der Waals surface area contributed by atoms with E-state index in [4.69, 9.17) is 14.2 Å². The van der Waals surface area contributed by atoms with Crippen molar-refractivity contribution in [1.29, 1.82) is 0 Å². The van der Waals surface area contributed by atoms with Gasteiger partial charge in [0.05, 0.1) is 0 Å². The van der Waals surface area contributed by atoms with Crippen LogP contribution in [-0.4, -0.2) is 37.2 Å². The second-order valence-electron chi connectivity index (χ2n) is 16.7. The predicted octanol–water partition coefficient (Wildman–Crippen LogP) is 16.5. The summed E-state index contributed by atoms with van der Waals surface area (Å²) in [6.45, 7) is 6.50. The van der Waals surface area contributed by atoms with Gasteiger partial charge in [-0.1, -0.05) is 191 Å². The Balaban J connectivity index is 4.31. The van der Waals surface area contributed by atoms with Crippen LogP contribution in [-0.2, 0) is 28.6 Å². The van der Waals surface area contributed by atoms with Crippen LogP contribution < -0.4 is 0 Å². The molecule has 0 bridgehead atoms. The number of hydrogen-bond donors (Lipinski definition) is 0. The molecule has 0 amide bonds. The highest BCUT2D eigenvalue weighted by molar-refractivity contribution is 5.71. The lowest BCUT2D eigenvalue weighted by atomic mass is 10.1. The Labute approximate surface area is 370 Å². The first kappa shape index (κ1) is 57.1. The normalized spacial score (nSPS) is 12.5. The summed E-state index contributed by atoms with van der Waals surface area (Å²) in [7, 11) is 0. The number of rotatable bonds is 45. The molecule has 0 radical (unpaired) electrons. The topological polar surface area (TPSA) is 78.9 Å². The van der Waals surface area contributed by atoms with Crippen molar-refractivity contribution in [2.24, 2.45) is 0 Å². The number of unbranched alkanes of at least 4 members (excludes halogenated alkanes) is 24. The molecule has 6 heteroatoms. The summed E-state index contributed by atoms with van der Waals surface area (Å²) in [5.74, 6) is -0.919. The average molecular weight is 839 g/mol. The second-order valence-corrected chi connectivity index (χ2v) is 16.7. The highest BCUT2D eigenvalue weighted by Gasteiger charge is 2.19. The number of allylic oxidation sites excluding steroid dienone is 10. The van der Waals surface area contributed by atoms with Crippen LogP contribution >= 0.6 is 0 Å². The molecule has 0 aromatic carbocycles. The van der Waals surface area contributed by atoms with Gasteiger partial charge in [-0.25, -0.2) is 0 Å². The minimum Gasteiger partial charge on any atom is -0.462 e. The van der Waals surface area contributed by atoms with E-state index in [1.807, 2.05) is 0 Å². The van der Waals surface area contributed by atoms with Gasteiger partial charge in [-0.2, -0.15) is 0 Å². The second kappa shape index (κ2) is 48.8. The van der Waals surface area contributed by atoms with Gasteiger partial charge >= 0.3 is 17.9 Å². The number of esters is 3. The van der Waals surface area contributed by atoms with Crippen molar-refractivity contribution in [3.05, 3.63) is 60.8 Å². The summed E-state index contributed by atoms with van der Waals surface area (Å²) >= 11 is 0. The van der Waals surface area contributed by atoms with Crippen LogP contribution in [0, 0.1) is 0 Å². The van der Waals surface area contributed by atoms with Gasteiger partial charge in [0, 0.05) is 19.3 Å². The van der Waals surface area contributed by atoms with E-state index in [0.717, 1.165) is 103 Å². The van der Waals surface area contributed by atoms with Crippen LogP contribution in [0.2, 0.25) is 0 Å². The van der Waals surface area contributed by atoms with Crippen LogP contribution in [0.3, 0.4) is 0 Å². The molecule has 1 atom stereocenters. The van der Waals surface area contributed by atoms with Gasteiger partial charge in [0.15, 0.2) is 6.10 Å². The first-order valence-electron chi connectivity index (χ1n) is 25.3. The zero-order valence-electron chi connectivity index (χ0n) is 39.5. The summed E-state index contributed by atoms with van der Waals surface area (Å²) in [5, 5.41) is 0. The molecular formula is C54H94O6. The monoisotopic (exact) mass is 839 g/mol. The Morgan fingerprint density at radius 1 is 0.333 bits per heavy atom. The third kappa shape index (κ3) is 46.2. The molecule has 0 aliphatic carbocycles. The van der Waals surface area contributed by atoms with E-state index in [9.17, 15) is 14.4 Å². The lowest BCUT2D eigenvalue weighted by Crippen LogP contribution is -2.30. The fourth-order valence-electron chi connectivity index (χ4n) is 6.84. The van der Waals surface area contributed by atoms with Gasteiger partial charge in [0.25, 0.3) is 0 Å². The molecule has 346 valence electrons. The van der Waals surface area contributed by atoms with Crippen LogP contribution in [0.15, 0.2) is 60.8 Å². The smallest absolute Gasteiger partial charge is 0.306 e. The fourth-order valence-corrected chi connectivity index (χ4v) is 6.84. The molecule has 0 heterocycles. The average Bonchev–Trinajstić information content (AvgIpc) is 3.24. The van der Waals surface area contributed by atoms with Crippen molar-refractivity contribution >= 4 is 17.9 Å². The van der Waals surface area contributed by atoms with Crippen LogP contribution in [0.4, 0.5) is 0 Å². The Kier molecular flexibility index (Phi) is 46.4. The van der Waals surface area contributed by atoms with Crippen LogP contribution in [0.25, 0.3) is 0 Å². The Hall–Kier alpha value is -2.89. The number of carbonyl (C=O) groups excluding carboxylic acids is 3. The van der Waals surface area contributed by atoms with Gasteiger partial charge in [-0.15, -0.1) is 0 Å². The number of carbonyl (C=O) groups is 3. The molecular weight excluding hydrogens is 745 g/mol. The molecule has 60 heavy (non-hydrogen) atoms. The summed E-state index contributed by atoms with van der Waals surface area (Å²) < 4.78 is 16.7. The third-order valence-corrected chi connectivity index (χ3v) is 10.7. The zero-order chi connectivity index (χ0) is 43.7. The largest absolute Gasteiger partial charge is 0.462 e. The van der Waals surface area contributed by atoms with Gasteiger partial charge in [-0.05, 0) is 96.3 Å². The highest BCUT2D eigenvalue weighted by Crippen LogP contribution is 2.14. The molecule has 0 aromatic heterocycles. The third-order valence-electron chi connectivity index (χ3n) is 10.7. The molecule has 0 N–H and O–H groups in total. The molecule has 0 saturated carbocycles. The van der Waals surface area contributed by atoms with Gasteiger partial charge in [-0.3, -0.25) is 14.4 Å². The molecule has 1 unspecified atom stereocenters. The predicted molar refractivity (Wildman–Crippen MR) is 256 cm³/mol. The van der Waals surface area contributed by atoms with Crippen LogP contribution in [0.1, 0.15) is 245 Å². The van der Waals surface area contributed by atoms with Gasteiger partial charge < -0.3 is 14.2 Å². The van der Waals surface area contributed by atoms with E-state index >= 15 is 0 Å². The van der Waals surface area contributed by atoms with Crippen molar-refractivity contribution in [3.63, 3.8) is 0 Å². The molecule has 6 nitrogen and oxygen atoms in total. The van der Waals surface area contributed by atoms with Crippen molar-refractivity contribution in [2.75, 3.05) is 13.2 Å². The maximum atomic E-state index is 12.7. The molecule has 0 fully saturated rings. The van der Waals surface area contributed by atoms with Gasteiger partial charge in [0.1, 0.15) is 13.2 Å². The van der Waals surface area contributed by atoms with E-state index in [-0.39, 0.29) is 31.1 Å². The van der Waals surface area contributed by atoms with E-state index in [1.165, 1.54) is 103 Å². The first-order chi connectivity index (χ1) is 29.5. The van der Waals surface area contributed by atoms with E-state index in [2.05, 4.69) is 81.5 Å². The summed E-state index contributed by atoms with van der Waals surface area (Å²) in [6, 6.07) is 0. The SMILES string of the molecule is CCC/C=C\CCCCCCCC(=O)OCC(COC(=O)CCCCCCCC/C=C\C/C=C\C/C=C\CCCCCCC)OC(=O)CCCCCCC/C=C\CCCC.